The number of hydrogen-bond donors (Lipinski definition) is 3. The second-order valence-electron chi connectivity index (χ2n) is 12.3. The number of nitrogens with zero attached hydrogens (tertiary/aromatic N) is 1. The van der Waals surface area contributed by atoms with Gasteiger partial charge in [-0.1, -0.05) is 43.0 Å². The molecule has 3 aliphatic carbocycles. The number of fused-ring (bicyclic) bond motifs is 6. The number of aromatic nitrogens is 2. The van der Waals surface area contributed by atoms with Gasteiger partial charge >= 0.3 is 12.1 Å². The Kier molecular flexibility index (Phi) is 8.58. The van der Waals surface area contributed by atoms with E-state index in [1.165, 1.54) is 49.3 Å². The van der Waals surface area contributed by atoms with Crippen molar-refractivity contribution in [2.75, 3.05) is 12.4 Å². The number of aromatic hydroxyl groups is 1. The third-order valence-electron chi connectivity index (χ3n) is 9.77. The summed E-state index contributed by atoms with van der Waals surface area (Å²) in [7, 11) is 1.31. The molecule has 1 amide bonds. The van der Waals surface area contributed by atoms with E-state index in [0.717, 1.165) is 35.2 Å². The van der Waals surface area contributed by atoms with Crippen LogP contribution in [0.15, 0.2) is 76.5 Å². The first-order valence-corrected chi connectivity index (χ1v) is 16.1. The maximum atomic E-state index is 11.4. The van der Waals surface area contributed by atoms with Crippen molar-refractivity contribution >= 4 is 40.8 Å². The van der Waals surface area contributed by atoms with Crippen LogP contribution in [0, 0.1) is 17.3 Å². The molecule has 0 saturated heterocycles. The number of phenols is 1. The number of H-pyrrole nitrogens is 1. The average molecular weight is 614 g/mol. The van der Waals surface area contributed by atoms with E-state index >= 15 is 0 Å². The number of ether oxygens (including phenoxy) is 2. The molecule has 2 fully saturated rings. The third-order valence-corrected chi connectivity index (χ3v) is 10.8. The van der Waals surface area contributed by atoms with E-state index in [2.05, 4.69) is 45.1 Å². The molecular formula is C35H39N3O5S. The first-order chi connectivity index (χ1) is 21.2. The largest absolute Gasteiger partial charge is 0.508 e. The predicted octanol–water partition coefficient (Wildman–Crippen LogP) is 8.07. The molecule has 0 bridgehead atoms. The molecule has 7 rings (SSSR count). The number of carbonyl (C=O) groups is 2. The molecule has 3 N–H and O–H groups in total. The fraction of sp³-hybridized carbons (Fsp3) is 0.400. The number of anilines is 1. The molecule has 230 valence electrons. The molecule has 1 aromatic heterocycles. The molecule has 4 aromatic rings. The van der Waals surface area contributed by atoms with Crippen molar-refractivity contribution < 1.29 is 24.2 Å². The summed E-state index contributed by atoms with van der Waals surface area (Å²) in [5, 5.41) is 12.3. The molecule has 3 aliphatic rings. The van der Waals surface area contributed by atoms with Gasteiger partial charge in [0.1, 0.15) is 11.9 Å². The van der Waals surface area contributed by atoms with Crippen molar-refractivity contribution in [3.63, 3.8) is 0 Å². The smallest absolute Gasteiger partial charge is 0.413 e. The van der Waals surface area contributed by atoms with E-state index in [-0.39, 0.29) is 17.5 Å². The summed E-state index contributed by atoms with van der Waals surface area (Å²) in [6.45, 7) is 3.88. The van der Waals surface area contributed by atoms with E-state index in [4.69, 9.17) is 4.74 Å². The van der Waals surface area contributed by atoms with Gasteiger partial charge in [0.25, 0.3) is 0 Å². The van der Waals surface area contributed by atoms with Gasteiger partial charge in [-0.3, -0.25) is 10.1 Å². The molecular weight excluding hydrogens is 574 g/mol. The molecule has 3 aromatic carbocycles. The molecule has 44 heavy (non-hydrogen) atoms. The zero-order valence-electron chi connectivity index (χ0n) is 25.3. The summed E-state index contributed by atoms with van der Waals surface area (Å²) in [5.74, 6) is 2.60. The molecule has 2 saturated carbocycles. The lowest BCUT2D eigenvalue weighted by atomic mass is 9.55. The Hall–Kier alpha value is -3.98. The highest BCUT2D eigenvalue weighted by atomic mass is 32.2. The van der Waals surface area contributed by atoms with Crippen molar-refractivity contribution in [3.8, 4) is 5.75 Å². The number of benzene rings is 3. The zero-order valence-corrected chi connectivity index (χ0v) is 26.2. The van der Waals surface area contributed by atoms with Crippen LogP contribution in [0.4, 0.5) is 10.7 Å². The molecule has 0 radical (unpaired) electrons. The number of aryl methyl sites for hydroxylation is 1. The first-order valence-electron chi connectivity index (χ1n) is 15.3. The number of nitrogens with one attached hydrogen (secondary N) is 2. The van der Waals surface area contributed by atoms with Crippen molar-refractivity contribution in [2.45, 2.75) is 74.2 Å². The van der Waals surface area contributed by atoms with Gasteiger partial charge in [-0.15, -0.1) is 0 Å². The Labute approximate surface area is 262 Å². The summed E-state index contributed by atoms with van der Waals surface area (Å²) in [5.41, 5.74) is 4.60. The lowest BCUT2D eigenvalue weighted by Crippen LogP contribution is -2.45. The van der Waals surface area contributed by atoms with Gasteiger partial charge in [0.15, 0.2) is 0 Å². The summed E-state index contributed by atoms with van der Waals surface area (Å²) in [4.78, 5) is 32.2. The van der Waals surface area contributed by atoms with Gasteiger partial charge in [-0.2, -0.15) is 0 Å². The highest BCUT2D eigenvalue weighted by Gasteiger charge is 2.56. The maximum Gasteiger partial charge on any atom is 0.413 e. The van der Waals surface area contributed by atoms with Crippen molar-refractivity contribution in [3.05, 3.63) is 77.9 Å². The number of esters is 1. The van der Waals surface area contributed by atoms with Crippen LogP contribution in [0.2, 0.25) is 0 Å². The first kappa shape index (κ1) is 30.1. The number of imidazole rings is 1. The summed E-state index contributed by atoms with van der Waals surface area (Å²) in [6.07, 6.45) is 6.34. The monoisotopic (exact) mass is 613 g/mol. The number of carbonyl (C=O) groups excluding carboxylic acids is 2. The molecule has 1 heterocycles. The standard InChI is InChI=1S/C20H26O3.C15H13N3O2S/c1-12(21)23-19-8-7-18-17-5-3-13-11-14(22)4-6-15(13)16(17)9-10-20(18,19)2;1-20-15(19)18-14-16-12-8-7-11(9-13(12)17-14)21-10-5-3-2-4-6-10/h4,6,11,16-19,22H,3,5,7-10H2,1-2H3;2-9H,1H3,(H2,16,17,18,19). The molecule has 9 heteroatoms. The topological polar surface area (TPSA) is 114 Å². The SMILES string of the molecule is CC(=O)OC1CCC2C3CCc4cc(O)ccc4C3CCC12C.COC(=O)Nc1nc2ccc(Sc3ccccc3)cc2[nH]1. The van der Waals surface area contributed by atoms with Crippen molar-refractivity contribution in [1.82, 2.24) is 9.97 Å². The number of rotatable bonds is 4. The van der Waals surface area contributed by atoms with Gasteiger partial charge in [0, 0.05) is 22.1 Å². The lowest BCUT2D eigenvalue weighted by molar-refractivity contribution is -0.154. The van der Waals surface area contributed by atoms with Crippen LogP contribution in [-0.2, 0) is 20.7 Å². The van der Waals surface area contributed by atoms with Crippen LogP contribution in [-0.4, -0.2) is 40.4 Å². The van der Waals surface area contributed by atoms with Crippen molar-refractivity contribution in [2.24, 2.45) is 17.3 Å². The molecule has 5 atom stereocenters. The molecule has 0 spiro atoms. The average Bonchev–Trinajstić information content (AvgIpc) is 3.56. The van der Waals surface area contributed by atoms with E-state index in [9.17, 15) is 14.7 Å². The zero-order chi connectivity index (χ0) is 30.8. The highest BCUT2D eigenvalue weighted by molar-refractivity contribution is 7.99. The van der Waals surface area contributed by atoms with Crippen LogP contribution in [0.5, 0.6) is 5.75 Å². The van der Waals surface area contributed by atoms with E-state index in [0.29, 0.717) is 29.5 Å². The summed E-state index contributed by atoms with van der Waals surface area (Å²) >= 11 is 1.67. The Balaban J connectivity index is 0.000000157. The van der Waals surface area contributed by atoms with Crippen LogP contribution >= 0.6 is 11.8 Å². The van der Waals surface area contributed by atoms with Gasteiger partial charge < -0.3 is 19.6 Å². The predicted molar refractivity (Wildman–Crippen MR) is 171 cm³/mol. The van der Waals surface area contributed by atoms with Crippen LogP contribution in [0.3, 0.4) is 0 Å². The summed E-state index contributed by atoms with van der Waals surface area (Å²) < 4.78 is 10.2. The lowest BCUT2D eigenvalue weighted by Gasteiger charge is -2.50. The minimum absolute atomic E-state index is 0.104. The Morgan fingerprint density at radius 2 is 1.84 bits per heavy atom. The van der Waals surface area contributed by atoms with Crippen molar-refractivity contribution in [1.29, 1.82) is 0 Å². The maximum absolute atomic E-state index is 11.4. The van der Waals surface area contributed by atoms with E-state index in [1.54, 1.807) is 11.8 Å². The molecule has 8 nitrogen and oxygen atoms in total. The van der Waals surface area contributed by atoms with E-state index < -0.39 is 6.09 Å². The normalized spacial score (nSPS) is 25.1. The highest BCUT2D eigenvalue weighted by Crippen LogP contribution is 2.61. The minimum Gasteiger partial charge on any atom is -0.508 e. The molecule has 0 aliphatic heterocycles. The fourth-order valence-corrected chi connectivity index (χ4v) is 8.68. The Morgan fingerprint density at radius 3 is 2.61 bits per heavy atom. The fourth-order valence-electron chi connectivity index (χ4n) is 7.80. The van der Waals surface area contributed by atoms with Gasteiger partial charge in [0.05, 0.1) is 18.1 Å². The quantitative estimate of drug-likeness (QED) is 0.199. The van der Waals surface area contributed by atoms with Gasteiger partial charge in [-0.05, 0) is 110 Å². The van der Waals surface area contributed by atoms with Gasteiger partial charge in [0.2, 0.25) is 5.95 Å². The van der Waals surface area contributed by atoms with Crippen LogP contribution in [0.25, 0.3) is 11.0 Å². The minimum atomic E-state index is -0.548. The number of phenolic OH excluding ortho intramolecular Hbond substituents is 1. The second kappa shape index (κ2) is 12.6. The Bertz CT molecular complexity index is 1660. The third kappa shape index (κ3) is 6.15. The van der Waals surface area contributed by atoms with Gasteiger partial charge in [-0.25, -0.2) is 9.78 Å². The number of hydrogen-bond acceptors (Lipinski definition) is 7. The van der Waals surface area contributed by atoms with Crippen LogP contribution < -0.4 is 5.32 Å². The number of methoxy groups -OCH3 is 1. The summed E-state index contributed by atoms with van der Waals surface area (Å²) in [6, 6.07) is 22.0. The second-order valence-corrected chi connectivity index (χ2v) is 13.5. The van der Waals surface area contributed by atoms with E-state index in [1.807, 2.05) is 48.5 Å². The Morgan fingerprint density at radius 1 is 1.02 bits per heavy atom. The number of aromatic amines is 1. The number of amides is 1. The van der Waals surface area contributed by atoms with Crippen LogP contribution in [0.1, 0.15) is 63.0 Å². The molecule has 5 unspecified atom stereocenters.